The van der Waals surface area contributed by atoms with Gasteiger partial charge in [-0.15, -0.1) is 0 Å². The van der Waals surface area contributed by atoms with Crippen LogP contribution in [0.4, 0.5) is 0 Å². The molecular formula is C13H27NOSi. The largest absolute Gasteiger partial charge is 0.406 e. The molecule has 0 saturated heterocycles. The zero-order valence-corrected chi connectivity index (χ0v) is 12.9. The van der Waals surface area contributed by atoms with Crippen LogP contribution in [0.5, 0.6) is 0 Å². The summed E-state index contributed by atoms with van der Waals surface area (Å²) in [5.74, 6) is 0. The zero-order valence-electron chi connectivity index (χ0n) is 11.9. The standard InChI is InChI=1S/C13H27NOSi/c1-9-11(14-6)12(10-2)15-16(7,8)13(3,4)5/h11-12H,9-10H2,1-5,7-8H3/t11-,12+/m0/s1. The van der Waals surface area contributed by atoms with Crippen LogP contribution in [-0.4, -0.2) is 20.5 Å². The van der Waals surface area contributed by atoms with Crippen LogP contribution >= 0.6 is 0 Å². The van der Waals surface area contributed by atoms with Gasteiger partial charge < -0.3 is 9.27 Å². The highest BCUT2D eigenvalue weighted by Gasteiger charge is 2.41. The second-order valence-electron chi connectivity index (χ2n) is 5.93. The van der Waals surface area contributed by atoms with Gasteiger partial charge in [-0.25, -0.2) is 6.57 Å². The molecule has 0 spiro atoms. The lowest BCUT2D eigenvalue weighted by Gasteiger charge is -2.39. The third-order valence-corrected chi connectivity index (χ3v) is 8.17. The zero-order chi connectivity index (χ0) is 13.0. The van der Waals surface area contributed by atoms with Crippen LogP contribution in [0.1, 0.15) is 47.5 Å². The van der Waals surface area contributed by atoms with Gasteiger partial charge in [0.15, 0.2) is 8.32 Å². The molecule has 0 aliphatic rings. The van der Waals surface area contributed by atoms with Crippen molar-refractivity contribution in [1.29, 1.82) is 0 Å². The topological polar surface area (TPSA) is 13.6 Å². The maximum atomic E-state index is 7.22. The molecular weight excluding hydrogens is 214 g/mol. The predicted octanol–water partition coefficient (Wildman–Crippen LogP) is 4.48. The molecule has 0 saturated carbocycles. The van der Waals surface area contributed by atoms with Crippen LogP contribution in [0.2, 0.25) is 18.1 Å². The Balaban J connectivity index is 4.74. The van der Waals surface area contributed by atoms with Gasteiger partial charge in [-0.3, -0.25) is 0 Å². The minimum Gasteiger partial charge on any atom is -0.406 e. The Labute approximate surface area is 102 Å². The van der Waals surface area contributed by atoms with Crippen molar-refractivity contribution in [3.05, 3.63) is 11.4 Å². The molecule has 0 aliphatic carbocycles. The van der Waals surface area contributed by atoms with Crippen molar-refractivity contribution in [1.82, 2.24) is 0 Å². The lowest BCUT2D eigenvalue weighted by Crippen LogP contribution is -2.46. The molecule has 0 N–H and O–H groups in total. The van der Waals surface area contributed by atoms with E-state index in [4.69, 9.17) is 11.0 Å². The molecule has 2 atom stereocenters. The van der Waals surface area contributed by atoms with E-state index in [0.717, 1.165) is 12.8 Å². The van der Waals surface area contributed by atoms with Crippen molar-refractivity contribution in [2.75, 3.05) is 0 Å². The van der Waals surface area contributed by atoms with E-state index in [1.54, 1.807) is 0 Å². The molecule has 0 heterocycles. The Morgan fingerprint density at radius 2 is 1.69 bits per heavy atom. The van der Waals surface area contributed by atoms with Gasteiger partial charge in [0.05, 0.1) is 0 Å². The van der Waals surface area contributed by atoms with Gasteiger partial charge in [0.25, 0.3) is 0 Å². The lowest BCUT2D eigenvalue weighted by molar-refractivity contribution is 0.158. The van der Waals surface area contributed by atoms with Crippen molar-refractivity contribution in [2.24, 2.45) is 0 Å². The van der Waals surface area contributed by atoms with E-state index in [9.17, 15) is 0 Å². The summed E-state index contributed by atoms with van der Waals surface area (Å²) in [5.41, 5.74) is 0. The maximum Gasteiger partial charge on any atom is 0.247 e. The second-order valence-corrected chi connectivity index (χ2v) is 10.7. The molecule has 0 unspecified atom stereocenters. The summed E-state index contributed by atoms with van der Waals surface area (Å²) in [5, 5.41) is 0.223. The third-order valence-electron chi connectivity index (χ3n) is 3.67. The van der Waals surface area contributed by atoms with E-state index in [1.165, 1.54) is 0 Å². The van der Waals surface area contributed by atoms with E-state index in [2.05, 4.69) is 52.6 Å². The van der Waals surface area contributed by atoms with E-state index in [-0.39, 0.29) is 17.2 Å². The minimum absolute atomic E-state index is 0.0270. The summed E-state index contributed by atoms with van der Waals surface area (Å²) in [4.78, 5) is 3.69. The molecule has 0 amide bonds. The molecule has 0 rings (SSSR count). The second kappa shape index (κ2) is 5.84. The molecule has 0 fully saturated rings. The lowest BCUT2D eigenvalue weighted by atomic mass is 10.1. The number of rotatable bonds is 5. The van der Waals surface area contributed by atoms with E-state index >= 15 is 0 Å². The first-order valence-electron chi connectivity index (χ1n) is 6.24. The van der Waals surface area contributed by atoms with Gasteiger partial charge in [0.1, 0.15) is 6.10 Å². The summed E-state index contributed by atoms with van der Waals surface area (Å²) < 4.78 is 6.32. The summed E-state index contributed by atoms with van der Waals surface area (Å²) in [6.07, 6.45) is 1.94. The van der Waals surface area contributed by atoms with Gasteiger partial charge >= 0.3 is 0 Å². The fourth-order valence-corrected chi connectivity index (χ4v) is 2.86. The first kappa shape index (κ1) is 15.7. The highest BCUT2D eigenvalue weighted by Crippen LogP contribution is 2.38. The van der Waals surface area contributed by atoms with Gasteiger partial charge in [0, 0.05) is 6.42 Å². The van der Waals surface area contributed by atoms with Gasteiger partial charge in [-0.05, 0) is 24.6 Å². The highest BCUT2D eigenvalue weighted by atomic mass is 28.4. The quantitative estimate of drug-likeness (QED) is 0.511. The number of hydrogen-bond donors (Lipinski definition) is 0. The number of hydrogen-bond acceptors (Lipinski definition) is 1. The van der Waals surface area contributed by atoms with Gasteiger partial charge in [-0.2, -0.15) is 0 Å². The Hall–Kier alpha value is -0.333. The van der Waals surface area contributed by atoms with Crippen LogP contribution in [0.15, 0.2) is 0 Å². The normalized spacial score (nSPS) is 16.6. The molecule has 0 aromatic heterocycles. The molecule has 0 bridgehead atoms. The van der Waals surface area contributed by atoms with Crippen molar-refractivity contribution in [3.8, 4) is 0 Å². The van der Waals surface area contributed by atoms with Crippen LogP contribution in [0, 0.1) is 6.57 Å². The molecule has 0 aliphatic heterocycles. The molecule has 3 heteroatoms. The Kier molecular flexibility index (Phi) is 5.71. The summed E-state index contributed by atoms with van der Waals surface area (Å²) in [6, 6.07) is 0.0270. The fourth-order valence-electron chi connectivity index (χ4n) is 1.43. The first-order valence-corrected chi connectivity index (χ1v) is 9.14. The molecule has 16 heavy (non-hydrogen) atoms. The first-order chi connectivity index (χ1) is 7.19. The summed E-state index contributed by atoms with van der Waals surface area (Å²) in [7, 11) is -1.73. The third kappa shape index (κ3) is 3.91. The fraction of sp³-hybridized carbons (Fsp3) is 0.923. The summed E-state index contributed by atoms with van der Waals surface area (Å²) >= 11 is 0. The Bertz CT molecular complexity index is 250. The maximum absolute atomic E-state index is 7.22. The summed E-state index contributed by atoms with van der Waals surface area (Å²) in [6.45, 7) is 22.6. The Morgan fingerprint density at radius 1 is 1.19 bits per heavy atom. The molecule has 2 nitrogen and oxygen atoms in total. The molecule has 0 aromatic carbocycles. The van der Waals surface area contributed by atoms with Crippen molar-refractivity contribution in [2.45, 2.75) is 77.7 Å². The predicted molar refractivity (Wildman–Crippen MR) is 73.0 cm³/mol. The van der Waals surface area contributed by atoms with Gasteiger partial charge in [0.2, 0.25) is 6.04 Å². The highest BCUT2D eigenvalue weighted by molar-refractivity contribution is 6.74. The minimum atomic E-state index is -1.73. The SMILES string of the molecule is [C-]#[N+][C@@H](CC)[C@@H](CC)O[Si](C)(C)C(C)(C)C. The smallest absolute Gasteiger partial charge is 0.247 e. The Morgan fingerprint density at radius 3 is 1.94 bits per heavy atom. The average molecular weight is 241 g/mol. The van der Waals surface area contributed by atoms with Crippen molar-refractivity contribution < 1.29 is 4.43 Å². The molecule has 0 aromatic rings. The van der Waals surface area contributed by atoms with Crippen LogP contribution < -0.4 is 0 Å². The van der Waals surface area contributed by atoms with Crippen molar-refractivity contribution >= 4 is 8.32 Å². The monoisotopic (exact) mass is 241 g/mol. The van der Waals surface area contributed by atoms with Gasteiger partial charge in [-0.1, -0.05) is 34.6 Å². The molecule has 94 valence electrons. The molecule has 0 radical (unpaired) electrons. The van der Waals surface area contributed by atoms with E-state index in [1.807, 2.05) is 0 Å². The van der Waals surface area contributed by atoms with E-state index < -0.39 is 8.32 Å². The average Bonchev–Trinajstić information content (AvgIpc) is 2.16. The van der Waals surface area contributed by atoms with E-state index in [0.29, 0.717) is 0 Å². The van der Waals surface area contributed by atoms with Crippen LogP contribution in [-0.2, 0) is 4.43 Å². The van der Waals surface area contributed by atoms with Crippen molar-refractivity contribution in [3.63, 3.8) is 0 Å². The van der Waals surface area contributed by atoms with Crippen LogP contribution in [0.3, 0.4) is 0 Å². The number of nitrogens with zero attached hydrogens (tertiary/aromatic N) is 1. The van der Waals surface area contributed by atoms with Crippen LogP contribution in [0.25, 0.3) is 4.85 Å².